The van der Waals surface area contributed by atoms with E-state index in [9.17, 15) is 9.18 Å². The molecule has 1 amide bonds. The number of carbonyl (C=O) groups excluding carboxylic acids is 1. The summed E-state index contributed by atoms with van der Waals surface area (Å²) in [6.45, 7) is 1.34. The van der Waals surface area contributed by atoms with Crippen LogP contribution in [-0.4, -0.2) is 35.0 Å². The molecule has 0 radical (unpaired) electrons. The maximum atomic E-state index is 13.7. The molecule has 2 aromatic rings. The lowest BCUT2D eigenvalue weighted by Crippen LogP contribution is -2.41. The molecule has 1 saturated heterocycles. The number of hydrogen-bond acceptors (Lipinski definition) is 4. The molecule has 1 aromatic carbocycles. The summed E-state index contributed by atoms with van der Waals surface area (Å²) in [6, 6.07) is 6.33. The molecule has 1 aliphatic heterocycles. The molecule has 7 heteroatoms. The summed E-state index contributed by atoms with van der Waals surface area (Å²) in [5.74, 6) is -0.0351. The monoisotopic (exact) mass is 348 g/mol. The van der Waals surface area contributed by atoms with Gasteiger partial charge in [0.2, 0.25) is 11.9 Å². The minimum Gasteiger partial charge on any atom is -0.354 e. The molecule has 5 nitrogen and oxygen atoms in total. The summed E-state index contributed by atoms with van der Waals surface area (Å²) in [7, 11) is 0. The van der Waals surface area contributed by atoms with E-state index >= 15 is 0 Å². The van der Waals surface area contributed by atoms with Crippen LogP contribution in [0.4, 0.5) is 10.3 Å². The lowest BCUT2D eigenvalue weighted by molar-refractivity contribution is -0.120. The molecule has 24 heavy (non-hydrogen) atoms. The minimum absolute atomic E-state index is 0.0694. The van der Waals surface area contributed by atoms with Gasteiger partial charge in [-0.2, -0.15) is 0 Å². The fourth-order valence-electron chi connectivity index (χ4n) is 2.91. The zero-order valence-electron chi connectivity index (χ0n) is 13.1. The first kappa shape index (κ1) is 16.6. The van der Waals surface area contributed by atoms with Gasteiger partial charge in [-0.1, -0.05) is 17.7 Å². The average Bonchev–Trinajstić information content (AvgIpc) is 3.06. The summed E-state index contributed by atoms with van der Waals surface area (Å²) < 4.78 is 13.7. The zero-order valence-corrected chi connectivity index (χ0v) is 13.8. The highest BCUT2D eigenvalue weighted by Gasteiger charge is 2.26. The normalized spacial score (nSPS) is 17.1. The number of carbonyl (C=O) groups is 1. The molecule has 1 unspecified atom stereocenters. The van der Waals surface area contributed by atoms with Crippen molar-refractivity contribution >= 4 is 23.5 Å². The number of anilines is 1. The Hall–Kier alpha value is -2.21. The maximum absolute atomic E-state index is 13.7. The van der Waals surface area contributed by atoms with Crippen LogP contribution in [0.25, 0.3) is 0 Å². The second-order valence-electron chi connectivity index (χ2n) is 5.72. The molecule has 0 aliphatic carbocycles. The molecule has 0 spiro atoms. The summed E-state index contributed by atoms with van der Waals surface area (Å²) in [5, 5.41) is 3.13. The largest absolute Gasteiger partial charge is 0.354 e. The molecule has 1 aliphatic rings. The number of rotatable bonds is 5. The van der Waals surface area contributed by atoms with E-state index in [-0.39, 0.29) is 29.0 Å². The van der Waals surface area contributed by atoms with Crippen molar-refractivity contribution in [1.82, 2.24) is 15.3 Å². The van der Waals surface area contributed by atoms with Crippen LogP contribution in [0.5, 0.6) is 0 Å². The van der Waals surface area contributed by atoms with Crippen LogP contribution >= 0.6 is 11.6 Å². The number of hydrogen-bond donors (Lipinski definition) is 1. The summed E-state index contributed by atoms with van der Waals surface area (Å²) in [4.78, 5) is 22.8. The second-order valence-corrected chi connectivity index (χ2v) is 6.13. The summed E-state index contributed by atoms with van der Waals surface area (Å²) in [6.07, 6.45) is 5.32. The number of benzene rings is 1. The van der Waals surface area contributed by atoms with Crippen LogP contribution in [0.2, 0.25) is 5.02 Å². The maximum Gasteiger partial charge on any atom is 0.225 e. The Bertz CT molecular complexity index is 693. The lowest BCUT2D eigenvalue weighted by Gasteiger charge is -2.24. The van der Waals surface area contributed by atoms with Crippen molar-refractivity contribution in [2.24, 2.45) is 0 Å². The van der Waals surface area contributed by atoms with Crippen LogP contribution in [-0.2, 0) is 11.2 Å². The third-order valence-electron chi connectivity index (χ3n) is 4.12. The van der Waals surface area contributed by atoms with Crippen LogP contribution in [0.15, 0.2) is 36.7 Å². The summed E-state index contributed by atoms with van der Waals surface area (Å²) in [5.41, 5.74) is 0.228. The van der Waals surface area contributed by atoms with Gasteiger partial charge in [0.25, 0.3) is 0 Å². The molecular weight excluding hydrogens is 331 g/mol. The summed E-state index contributed by atoms with van der Waals surface area (Å²) >= 11 is 5.96. The van der Waals surface area contributed by atoms with Crippen molar-refractivity contribution in [2.45, 2.75) is 25.3 Å². The van der Waals surface area contributed by atoms with Crippen molar-refractivity contribution in [1.29, 1.82) is 0 Å². The highest BCUT2D eigenvalue weighted by Crippen LogP contribution is 2.22. The smallest absolute Gasteiger partial charge is 0.225 e. The van der Waals surface area contributed by atoms with E-state index in [1.165, 1.54) is 12.1 Å². The molecule has 1 N–H and O–H groups in total. The Balaban J connectivity index is 1.58. The van der Waals surface area contributed by atoms with E-state index in [2.05, 4.69) is 20.2 Å². The van der Waals surface area contributed by atoms with Crippen molar-refractivity contribution < 1.29 is 9.18 Å². The van der Waals surface area contributed by atoms with E-state index in [1.807, 2.05) is 0 Å². The molecule has 1 atom stereocenters. The van der Waals surface area contributed by atoms with Crippen LogP contribution < -0.4 is 10.2 Å². The lowest BCUT2D eigenvalue weighted by atomic mass is 10.1. The third-order valence-corrected chi connectivity index (χ3v) is 4.47. The van der Waals surface area contributed by atoms with Crippen molar-refractivity contribution in [3.63, 3.8) is 0 Å². The first-order valence-electron chi connectivity index (χ1n) is 7.88. The van der Waals surface area contributed by atoms with E-state index in [4.69, 9.17) is 11.6 Å². The molecule has 0 saturated carbocycles. The van der Waals surface area contributed by atoms with Gasteiger partial charge in [-0.3, -0.25) is 4.79 Å². The number of nitrogens with one attached hydrogen (secondary N) is 1. The topological polar surface area (TPSA) is 58.1 Å². The highest BCUT2D eigenvalue weighted by molar-refractivity contribution is 6.31. The highest BCUT2D eigenvalue weighted by atomic mass is 35.5. The molecule has 126 valence electrons. The van der Waals surface area contributed by atoms with Crippen molar-refractivity contribution in [2.75, 3.05) is 18.0 Å². The van der Waals surface area contributed by atoms with Gasteiger partial charge >= 0.3 is 0 Å². The Morgan fingerprint density at radius 1 is 1.33 bits per heavy atom. The number of nitrogens with zero attached hydrogens (tertiary/aromatic N) is 3. The van der Waals surface area contributed by atoms with E-state index in [0.29, 0.717) is 12.5 Å². The average molecular weight is 349 g/mol. The third kappa shape index (κ3) is 3.82. The van der Waals surface area contributed by atoms with Gasteiger partial charge in [0.05, 0.1) is 6.42 Å². The van der Waals surface area contributed by atoms with Crippen LogP contribution in [0.1, 0.15) is 18.4 Å². The second kappa shape index (κ2) is 7.57. The van der Waals surface area contributed by atoms with E-state index in [1.54, 1.807) is 24.5 Å². The standard InChI is InChI=1S/C17H18ClFN4O/c18-14-5-1-6-15(19)13(14)10-16(24)22-11-12-4-2-9-23(12)17-20-7-3-8-21-17/h1,3,5-8,12H,2,4,9-11H2,(H,22,24). The van der Waals surface area contributed by atoms with Crippen LogP contribution in [0.3, 0.4) is 0 Å². The number of halogens is 2. The first-order valence-corrected chi connectivity index (χ1v) is 8.26. The molecule has 3 rings (SSSR count). The van der Waals surface area contributed by atoms with E-state index in [0.717, 1.165) is 19.4 Å². The van der Waals surface area contributed by atoms with Crippen LogP contribution in [0, 0.1) is 5.82 Å². The predicted molar refractivity (Wildman–Crippen MR) is 90.5 cm³/mol. The fourth-order valence-corrected chi connectivity index (χ4v) is 3.14. The van der Waals surface area contributed by atoms with Gasteiger partial charge in [0.1, 0.15) is 5.82 Å². The molecule has 2 heterocycles. The van der Waals surface area contributed by atoms with E-state index < -0.39 is 5.82 Å². The van der Waals surface area contributed by atoms with Gasteiger partial charge in [-0.25, -0.2) is 14.4 Å². The van der Waals surface area contributed by atoms with Gasteiger partial charge < -0.3 is 10.2 Å². The van der Waals surface area contributed by atoms with Gasteiger partial charge in [-0.05, 0) is 31.0 Å². The molecular formula is C17H18ClFN4O. The molecule has 1 aromatic heterocycles. The van der Waals surface area contributed by atoms with Gasteiger partial charge in [0, 0.05) is 42.1 Å². The Morgan fingerprint density at radius 2 is 2.12 bits per heavy atom. The zero-order chi connectivity index (χ0) is 16.9. The predicted octanol–water partition coefficient (Wildman–Crippen LogP) is 2.60. The van der Waals surface area contributed by atoms with Gasteiger partial charge in [-0.15, -0.1) is 0 Å². The molecule has 1 fully saturated rings. The SMILES string of the molecule is O=C(Cc1c(F)cccc1Cl)NCC1CCCN1c1ncccn1. The van der Waals surface area contributed by atoms with Crippen molar-refractivity contribution in [3.05, 3.63) is 53.1 Å². The Kier molecular flexibility index (Phi) is 5.25. The first-order chi connectivity index (χ1) is 11.6. The fraction of sp³-hybridized carbons (Fsp3) is 0.353. The van der Waals surface area contributed by atoms with Crippen molar-refractivity contribution in [3.8, 4) is 0 Å². The Labute approximate surface area is 144 Å². The molecule has 0 bridgehead atoms. The number of amides is 1. The minimum atomic E-state index is -0.460. The number of aromatic nitrogens is 2. The van der Waals surface area contributed by atoms with Gasteiger partial charge in [0.15, 0.2) is 0 Å². The quantitative estimate of drug-likeness (QED) is 0.902. The Morgan fingerprint density at radius 3 is 2.88 bits per heavy atom.